The van der Waals surface area contributed by atoms with Crippen LogP contribution in [0.4, 0.5) is 10.3 Å². The first-order valence-electron chi connectivity index (χ1n) is 7.76. The molecule has 0 bridgehead atoms. The van der Waals surface area contributed by atoms with Gasteiger partial charge in [-0.15, -0.1) is 0 Å². The van der Waals surface area contributed by atoms with Crippen LogP contribution in [-0.4, -0.2) is 30.5 Å². The highest BCUT2D eigenvalue weighted by atomic mass is 19.1. The summed E-state index contributed by atoms with van der Waals surface area (Å²) in [6.07, 6.45) is 2.84. The Labute approximate surface area is 142 Å². The predicted octanol–water partition coefficient (Wildman–Crippen LogP) is 1.71. The molecule has 0 radical (unpaired) electrons. The topological polar surface area (TPSA) is 105 Å². The number of aryl methyl sites for hydroxylation is 1. The maximum absolute atomic E-state index is 13.6. The molecule has 0 aliphatic carbocycles. The molecule has 0 spiro atoms. The van der Waals surface area contributed by atoms with E-state index in [4.69, 9.17) is 0 Å². The molecule has 0 aliphatic heterocycles. The van der Waals surface area contributed by atoms with Crippen LogP contribution in [0.1, 0.15) is 35.5 Å². The van der Waals surface area contributed by atoms with Gasteiger partial charge in [-0.3, -0.25) is 25.0 Å². The fourth-order valence-corrected chi connectivity index (χ4v) is 2.49. The minimum atomic E-state index is -0.749. The van der Waals surface area contributed by atoms with E-state index in [9.17, 15) is 14.0 Å². The van der Waals surface area contributed by atoms with Crippen LogP contribution in [-0.2, 0) is 6.42 Å². The van der Waals surface area contributed by atoms with Crippen LogP contribution in [0.5, 0.6) is 0 Å². The van der Waals surface area contributed by atoms with Crippen LogP contribution in [0.15, 0.2) is 23.3 Å². The van der Waals surface area contributed by atoms with Crippen LogP contribution in [0.25, 0.3) is 5.78 Å². The summed E-state index contributed by atoms with van der Waals surface area (Å²) in [7, 11) is 0. The Kier molecular flexibility index (Phi) is 4.30. The summed E-state index contributed by atoms with van der Waals surface area (Å²) in [6.45, 7) is 5.77. The van der Waals surface area contributed by atoms with Gasteiger partial charge < -0.3 is 0 Å². The third-order valence-electron chi connectivity index (χ3n) is 3.66. The van der Waals surface area contributed by atoms with E-state index >= 15 is 0 Å². The Bertz CT molecular complexity index is 1010. The van der Waals surface area contributed by atoms with Crippen molar-refractivity contribution in [3.63, 3.8) is 0 Å². The van der Waals surface area contributed by atoms with E-state index in [1.165, 1.54) is 16.8 Å². The van der Waals surface area contributed by atoms with Gasteiger partial charge in [0.1, 0.15) is 0 Å². The molecule has 0 aromatic carbocycles. The predicted molar refractivity (Wildman–Crippen MR) is 89.0 cm³/mol. The highest BCUT2D eigenvalue weighted by molar-refractivity contribution is 6.03. The van der Waals surface area contributed by atoms with Crippen molar-refractivity contribution in [3.8, 4) is 0 Å². The number of carbonyl (C=O) groups is 1. The monoisotopic (exact) mass is 344 g/mol. The molecule has 2 N–H and O–H groups in total. The smallest absolute Gasteiger partial charge is 0.277 e. The maximum Gasteiger partial charge on any atom is 0.277 e. The molecule has 0 saturated heterocycles. The van der Waals surface area contributed by atoms with Crippen LogP contribution >= 0.6 is 0 Å². The molecule has 3 heterocycles. The molecule has 3 aromatic heterocycles. The van der Waals surface area contributed by atoms with Crippen molar-refractivity contribution in [2.24, 2.45) is 5.92 Å². The number of H-pyrrole nitrogens is 1. The first-order valence-corrected chi connectivity index (χ1v) is 7.76. The Morgan fingerprint density at radius 1 is 1.40 bits per heavy atom. The van der Waals surface area contributed by atoms with Gasteiger partial charge in [-0.1, -0.05) is 13.8 Å². The number of pyridine rings is 1. The van der Waals surface area contributed by atoms with Crippen LogP contribution in [0, 0.1) is 18.7 Å². The fraction of sp³-hybridized carbons (Fsp3) is 0.312. The van der Waals surface area contributed by atoms with Crippen LogP contribution in [0.2, 0.25) is 0 Å². The lowest BCUT2D eigenvalue weighted by atomic mass is 10.0. The second-order valence-corrected chi connectivity index (χ2v) is 6.10. The first kappa shape index (κ1) is 16.7. The van der Waals surface area contributed by atoms with E-state index in [1.807, 2.05) is 13.8 Å². The summed E-state index contributed by atoms with van der Waals surface area (Å²) in [6, 6.07) is 1.25. The molecule has 8 nitrogen and oxygen atoms in total. The molecule has 0 fully saturated rings. The van der Waals surface area contributed by atoms with Gasteiger partial charge in [0.25, 0.3) is 17.2 Å². The lowest BCUT2D eigenvalue weighted by Gasteiger charge is -2.06. The average molecular weight is 344 g/mol. The molecule has 25 heavy (non-hydrogen) atoms. The number of hydrogen-bond donors (Lipinski definition) is 2. The Morgan fingerprint density at radius 2 is 2.16 bits per heavy atom. The SMILES string of the molecule is Cc1nc2nc(NC(=O)c3ccncc3F)[nH]n2c(=O)c1CC(C)C. The fourth-order valence-electron chi connectivity index (χ4n) is 2.49. The van der Waals surface area contributed by atoms with Crippen molar-refractivity contribution in [2.75, 3.05) is 5.32 Å². The highest BCUT2D eigenvalue weighted by Crippen LogP contribution is 2.11. The number of nitrogens with one attached hydrogen (secondary N) is 2. The third-order valence-corrected chi connectivity index (χ3v) is 3.66. The Morgan fingerprint density at radius 3 is 2.84 bits per heavy atom. The number of halogens is 1. The van der Waals surface area contributed by atoms with E-state index < -0.39 is 11.7 Å². The zero-order valence-corrected chi connectivity index (χ0v) is 14.0. The molecular formula is C16H17FN6O2. The van der Waals surface area contributed by atoms with E-state index in [-0.39, 0.29) is 22.8 Å². The molecule has 0 unspecified atom stereocenters. The van der Waals surface area contributed by atoms with Crippen molar-refractivity contribution >= 4 is 17.6 Å². The van der Waals surface area contributed by atoms with Crippen molar-refractivity contribution in [1.29, 1.82) is 0 Å². The second-order valence-electron chi connectivity index (χ2n) is 6.10. The van der Waals surface area contributed by atoms with Gasteiger partial charge in [-0.2, -0.15) is 9.50 Å². The normalized spacial score (nSPS) is 11.2. The second kappa shape index (κ2) is 6.42. The maximum atomic E-state index is 13.6. The summed E-state index contributed by atoms with van der Waals surface area (Å²) >= 11 is 0. The zero-order chi connectivity index (χ0) is 18.1. The number of hydrogen-bond acceptors (Lipinski definition) is 5. The van der Waals surface area contributed by atoms with Gasteiger partial charge in [0.2, 0.25) is 5.95 Å². The third kappa shape index (κ3) is 3.25. The van der Waals surface area contributed by atoms with Gasteiger partial charge in [0.05, 0.1) is 17.5 Å². The van der Waals surface area contributed by atoms with E-state index in [2.05, 4.69) is 25.4 Å². The minimum absolute atomic E-state index is 0.00640. The number of amides is 1. The molecule has 3 rings (SSSR count). The number of nitrogens with zero attached hydrogens (tertiary/aromatic N) is 4. The number of aromatic nitrogens is 5. The highest BCUT2D eigenvalue weighted by Gasteiger charge is 2.17. The van der Waals surface area contributed by atoms with E-state index in [0.29, 0.717) is 23.6 Å². The minimum Gasteiger partial charge on any atom is -0.291 e. The van der Waals surface area contributed by atoms with Crippen molar-refractivity contribution in [3.05, 3.63) is 51.5 Å². The van der Waals surface area contributed by atoms with Crippen molar-refractivity contribution in [2.45, 2.75) is 27.2 Å². The van der Waals surface area contributed by atoms with Gasteiger partial charge >= 0.3 is 0 Å². The Balaban J connectivity index is 1.97. The van der Waals surface area contributed by atoms with Gasteiger partial charge in [0.15, 0.2) is 5.82 Å². The first-order chi connectivity index (χ1) is 11.9. The largest absolute Gasteiger partial charge is 0.291 e. The number of aromatic amines is 1. The molecule has 0 saturated carbocycles. The van der Waals surface area contributed by atoms with Gasteiger partial charge in [-0.05, 0) is 25.3 Å². The number of fused-ring (bicyclic) bond motifs is 1. The van der Waals surface area contributed by atoms with Crippen molar-refractivity contribution in [1.82, 2.24) is 24.6 Å². The zero-order valence-electron chi connectivity index (χ0n) is 14.0. The lowest BCUT2D eigenvalue weighted by Crippen LogP contribution is -2.23. The average Bonchev–Trinajstić information content (AvgIpc) is 2.94. The van der Waals surface area contributed by atoms with Gasteiger partial charge in [-0.25, -0.2) is 9.37 Å². The molecule has 130 valence electrons. The number of anilines is 1. The summed E-state index contributed by atoms with van der Waals surface area (Å²) in [4.78, 5) is 36.7. The van der Waals surface area contributed by atoms with Crippen LogP contribution in [0.3, 0.4) is 0 Å². The molecule has 1 amide bonds. The molecular weight excluding hydrogens is 327 g/mol. The number of carbonyl (C=O) groups excluding carboxylic acids is 1. The summed E-state index contributed by atoms with van der Waals surface area (Å²) in [5.74, 6) is -1.01. The van der Waals surface area contributed by atoms with Gasteiger partial charge in [0, 0.05) is 11.8 Å². The molecule has 3 aromatic rings. The Hall–Kier alpha value is -3.10. The molecule has 0 atom stereocenters. The van der Waals surface area contributed by atoms with Crippen LogP contribution < -0.4 is 10.9 Å². The lowest BCUT2D eigenvalue weighted by molar-refractivity contribution is 0.102. The summed E-state index contributed by atoms with van der Waals surface area (Å²) in [5, 5.41) is 5.11. The number of rotatable bonds is 4. The molecule has 0 aliphatic rings. The summed E-state index contributed by atoms with van der Waals surface area (Å²) in [5.41, 5.74) is 0.754. The van der Waals surface area contributed by atoms with E-state index in [0.717, 1.165) is 6.20 Å². The quantitative estimate of drug-likeness (QED) is 0.750. The standard InChI is InChI=1S/C16H17FN6O2/c1-8(2)6-11-9(3)19-16-21-15(22-23(16)14(11)25)20-13(24)10-4-5-18-7-12(10)17/h4-5,7-8H,6H2,1-3H3,(H2,19,20,21,22,24). The van der Waals surface area contributed by atoms with E-state index in [1.54, 1.807) is 6.92 Å². The summed E-state index contributed by atoms with van der Waals surface area (Å²) < 4.78 is 14.8. The molecule has 9 heteroatoms. The van der Waals surface area contributed by atoms with Crippen molar-refractivity contribution < 1.29 is 9.18 Å².